The minimum absolute atomic E-state index is 0.0691. The van der Waals surface area contributed by atoms with Crippen molar-refractivity contribution < 1.29 is 14.5 Å². The number of nitro groups is 1. The Morgan fingerprint density at radius 3 is 2.36 bits per heavy atom. The van der Waals surface area contributed by atoms with Crippen molar-refractivity contribution in [2.75, 3.05) is 37.6 Å². The van der Waals surface area contributed by atoms with Gasteiger partial charge in [0, 0.05) is 37.8 Å². The fourth-order valence-corrected chi connectivity index (χ4v) is 3.37. The van der Waals surface area contributed by atoms with Gasteiger partial charge in [-0.1, -0.05) is 0 Å². The fraction of sp³-hybridized carbons (Fsp3) is 0.529. The molecule has 1 N–H and O–H groups in total. The van der Waals surface area contributed by atoms with Crippen molar-refractivity contribution in [2.45, 2.75) is 25.7 Å². The lowest BCUT2D eigenvalue weighted by atomic mass is 10.1. The Kier molecular flexibility index (Phi) is 5.16. The number of anilines is 1. The molecule has 134 valence electrons. The summed E-state index contributed by atoms with van der Waals surface area (Å²) in [5.74, 6) is -0.586. The van der Waals surface area contributed by atoms with Crippen molar-refractivity contribution in [3.05, 3.63) is 33.9 Å². The zero-order chi connectivity index (χ0) is 17.8. The van der Waals surface area contributed by atoms with Gasteiger partial charge in [-0.05, 0) is 37.8 Å². The third-order valence-corrected chi connectivity index (χ3v) is 4.74. The molecule has 2 fully saturated rings. The first-order valence-electron chi connectivity index (χ1n) is 8.65. The average molecular weight is 346 g/mol. The van der Waals surface area contributed by atoms with Gasteiger partial charge in [-0.25, -0.2) is 0 Å². The van der Waals surface area contributed by atoms with Crippen LogP contribution in [0.25, 0.3) is 0 Å². The summed E-state index contributed by atoms with van der Waals surface area (Å²) < 4.78 is 0. The summed E-state index contributed by atoms with van der Waals surface area (Å²) in [6.45, 7) is 2.95. The van der Waals surface area contributed by atoms with Gasteiger partial charge in [0.2, 0.25) is 5.91 Å². The number of benzene rings is 1. The van der Waals surface area contributed by atoms with Crippen LogP contribution in [0.3, 0.4) is 0 Å². The van der Waals surface area contributed by atoms with E-state index >= 15 is 0 Å². The lowest BCUT2D eigenvalue weighted by Gasteiger charge is -2.18. The molecule has 2 amide bonds. The van der Waals surface area contributed by atoms with Crippen LogP contribution in [-0.4, -0.2) is 54.4 Å². The second-order valence-electron chi connectivity index (χ2n) is 6.43. The molecule has 3 rings (SSSR count). The zero-order valence-corrected chi connectivity index (χ0v) is 14.1. The molecule has 1 aromatic rings. The van der Waals surface area contributed by atoms with E-state index in [0.29, 0.717) is 5.69 Å². The van der Waals surface area contributed by atoms with Crippen LogP contribution >= 0.6 is 0 Å². The van der Waals surface area contributed by atoms with Gasteiger partial charge in [0.1, 0.15) is 5.69 Å². The van der Waals surface area contributed by atoms with E-state index in [1.165, 1.54) is 6.07 Å². The predicted octanol–water partition coefficient (Wildman–Crippen LogP) is 1.55. The minimum atomic E-state index is -0.469. The number of likely N-dealkylation sites (tertiary alicyclic amines) is 1. The van der Waals surface area contributed by atoms with Gasteiger partial charge < -0.3 is 15.1 Å². The Balaban J connectivity index is 1.68. The number of nitrogens with zero attached hydrogens (tertiary/aromatic N) is 3. The van der Waals surface area contributed by atoms with Crippen LogP contribution in [0.4, 0.5) is 11.4 Å². The highest BCUT2D eigenvalue weighted by Crippen LogP contribution is 2.31. The first-order valence-corrected chi connectivity index (χ1v) is 8.65. The number of nitro benzene ring substituents is 1. The van der Waals surface area contributed by atoms with E-state index in [1.807, 2.05) is 4.90 Å². The maximum Gasteiger partial charge on any atom is 0.293 e. The number of carbonyl (C=O) groups is 2. The van der Waals surface area contributed by atoms with Crippen molar-refractivity contribution in [1.29, 1.82) is 0 Å². The molecule has 8 heteroatoms. The van der Waals surface area contributed by atoms with E-state index in [9.17, 15) is 19.7 Å². The van der Waals surface area contributed by atoms with Crippen molar-refractivity contribution in [2.24, 2.45) is 0 Å². The normalized spacial score (nSPS) is 17.0. The topological polar surface area (TPSA) is 95.8 Å². The summed E-state index contributed by atoms with van der Waals surface area (Å²) in [4.78, 5) is 38.8. The largest absolute Gasteiger partial charge is 0.366 e. The van der Waals surface area contributed by atoms with Crippen LogP contribution in [0.1, 0.15) is 36.0 Å². The molecular formula is C17H22N4O4. The highest BCUT2D eigenvalue weighted by atomic mass is 16.6. The molecule has 0 aliphatic carbocycles. The quantitative estimate of drug-likeness (QED) is 0.644. The number of nitrogens with one attached hydrogen (secondary N) is 1. The van der Waals surface area contributed by atoms with E-state index in [2.05, 4.69) is 5.32 Å². The third kappa shape index (κ3) is 3.89. The lowest BCUT2D eigenvalue weighted by Crippen LogP contribution is -2.38. The van der Waals surface area contributed by atoms with Crippen LogP contribution < -0.4 is 10.2 Å². The summed E-state index contributed by atoms with van der Waals surface area (Å²) in [7, 11) is 0. The van der Waals surface area contributed by atoms with Crippen LogP contribution in [0, 0.1) is 10.1 Å². The standard InChI is InChI=1S/C17H22N4O4/c22-16(20-9-3-4-10-20)12-18-17(23)13-5-6-14(15(11-13)21(24)25)19-7-1-2-8-19/h5-6,11H,1-4,7-10,12H2,(H,18,23). The third-order valence-electron chi connectivity index (χ3n) is 4.74. The minimum Gasteiger partial charge on any atom is -0.366 e. The van der Waals surface area contributed by atoms with Gasteiger partial charge in [0.05, 0.1) is 11.5 Å². The van der Waals surface area contributed by atoms with E-state index in [1.54, 1.807) is 17.0 Å². The highest BCUT2D eigenvalue weighted by molar-refractivity contribution is 5.97. The summed E-state index contributed by atoms with van der Waals surface area (Å²) >= 11 is 0. The Morgan fingerprint density at radius 1 is 1.08 bits per heavy atom. The molecule has 0 spiro atoms. The maximum absolute atomic E-state index is 12.3. The lowest BCUT2D eigenvalue weighted by molar-refractivity contribution is -0.384. The molecule has 8 nitrogen and oxygen atoms in total. The molecule has 0 aromatic heterocycles. The number of carbonyl (C=O) groups excluding carboxylic acids is 2. The maximum atomic E-state index is 12.3. The number of hydrogen-bond acceptors (Lipinski definition) is 5. The molecule has 0 radical (unpaired) electrons. The number of hydrogen-bond donors (Lipinski definition) is 1. The van der Waals surface area contributed by atoms with E-state index in [-0.39, 0.29) is 23.7 Å². The molecule has 2 heterocycles. The predicted molar refractivity (Wildman–Crippen MR) is 92.7 cm³/mol. The van der Waals surface area contributed by atoms with Crippen molar-refractivity contribution >= 4 is 23.2 Å². The Morgan fingerprint density at radius 2 is 1.72 bits per heavy atom. The van der Waals surface area contributed by atoms with Gasteiger partial charge in [-0.3, -0.25) is 19.7 Å². The van der Waals surface area contributed by atoms with Gasteiger partial charge in [0.25, 0.3) is 11.6 Å². The molecule has 0 saturated carbocycles. The Hall–Kier alpha value is -2.64. The summed E-state index contributed by atoms with van der Waals surface area (Å²) in [5.41, 5.74) is 0.677. The van der Waals surface area contributed by atoms with Crippen molar-refractivity contribution in [3.8, 4) is 0 Å². The van der Waals surface area contributed by atoms with Gasteiger partial charge in [-0.2, -0.15) is 0 Å². The second-order valence-corrected chi connectivity index (χ2v) is 6.43. The van der Waals surface area contributed by atoms with Crippen LogP contribution in [0.2, 0.25) is 0 Å². The Labute approximate surface area is 145 Å². The molecule has 2 saturated heterocycles. The highest BCUT2D eigenvalue weighted by Gasteiger charge is 2.24. The molecule has 0 atom stereocenters. The monoisotopic (exact) mass is 346 g/mol. The van der Waals surface area contributed by atoms with Crippen LogP contribution in [-0.2, 0) is 4.79 Å². The summed E-state index contributed by atoms with van der Waals surface area (Å²) in [6, 6.07) is 4.50. The first-order chi connectivity index (χ1) is 12.1. The molecule has 2 aliphatic rings. The molecular weight excluding hydrogens is 324 g/mol. The smallest absolute Gasteiger partial charge is 0.293 e. The van der Waals surface area contributed by atoms with Crippen molar-refractivity contribution in [1.82, 2.24) is 10.2 Å². The number of amides is 2. The van der Waals surface area contributed by atoms with Crippen LogP contribution in [0.15, 0.2) is 18.2 Å². The van der Waals surface area contributed by atoms with E-state index < -0.39 is 10.8 Å². The molecule has 0 unspecified atom stereocenters. The average Bonchev–Trinajstić information content (AvgIpc) is 3.32. The number of rotatable bonds is 5. The van der Waals surface area contributed by atoms with E-state index in [0.717, 1.165) is 51.9 Å². The van der Waals surface area contributed by atoms with Gasteiger partial charge in [0.15, 0.2) is 0 Å². The summed E-state index contributed by atoms with van der Waals surface area (Å²) in [5, 5.41) is 13.9. The van der Waals surface area contributed by atoms with Gasteiger partial charge in [-0.15, -0.1) is 0 Å². The van der Waals surface area contributed by atoms with Gasteiger partial charge >= 0.3 is 0 Å². The molecule has 0 bridgehead atoms. The van der Waals surface area contributed by atoms with E-state index in [4.69, 9.17) is 0 Å². The van der Waals surface area contributed by atoms with Crippen molar-refractivity contribution in [3.63, 3.8) is 0 Å². The Bertz CT molecular complexity index is 679. The first kappa shape index (κ1) is 17.2. The molecule has 2 aliphatic heterocycles. The zero-order valence-electron chi connectivity index (χ0n) is 14.1. The second kappa shape index (κ2) is 7.50. The molecule has 1 aromatic carbocycles. The SMILES string of the molecule is O=C(NCC(=O)N1CCCC1)c1ccc(N2CCCC2)c([N+](=O)[O-])c1. The molecule has 25 heavy (non-hydrogen) atoms. The summed E-state index contributed by atoms with van der Waals surface area (Å²) in [6.07, 6.45) is 4.00. The fourth-order valence-electron chi connectivity index (χ4n) is 3.37. The van der Waals surface area contributed by atoms with Crippen LogP contribution in [0.5, 0.6) is 0 Å².